The highest BCUT2D eigenvalue weighted by Gasteiger charge is 2.37. The van der Waals surface area contributed by atoms with E-state index >= 15 is 0 Å². The molecule has 1 aliphatic carbocycles. The molecule has 1 aromatic heterocycles. The molecule has 1 heterocycles. The molecular weight excluding hydrogens is 328 g/mol. The second-order valence-corrected chi connectivity index (χ2v) is 7.48. The van der Waals surface area contributed by atoms with Crippen LogP contribution in [0, 0.1) is 6.92 Å². The van der Waals surface area contributed by atoms with Crippen molar-refractivity contribution in [3.63, 3.8) is 0 Å². The zero-order valence-corrected chi connectivity index (χ0v) is 16.1. The van der Waals surface area contributed by atoms with Crippen molar-refractivity contribution in [3.8, 4) is 5.75 Å². The molecule has 26 heavy (non-hydrogen) atoms. The third-order valence-corrected chi connectivity index (χ3v) is 5.37. The standard InChI is InChI=1S/C21H28N2O3/c1-14(2)19-18(15(3)26-23-19)20(24)22-21(12-6-5-7-13-21)16-8-10-17(25-4)11-9-16/h8-11,14H,5-7,12-13H2,1-4H3,(H,22,24). The SMILES string of the molecule is COc1ccc(C2(NC(=O)c3c(C(C)C)noc3C)CCCCC2)cc1. The van der Waals surface area contributed by atoms with Crippen LogP contribution in [-0.4, -0.2) is 18.2 Å². The van der Waals surface area contributed by atoms with E-state index in [1.54, 1.807) is 14.0 Å². The monoisotopic (exact) mass is 356 g/mol. The molecule has 1 N–H and O–H groups in total. The number of hydrogen-bond acceptors (Lipinski definition) is 4. The Morgan fingerprint density at radius 1 is 1.19 bits per heavy atom. The van der Waals surface area contributed by atoms with Crippen molar-refractivity contribution in [2.45, 2.75) is 64.3 Å². The van der Waals surface area contributed by atoms with Crippen LogP contribution in [0.5, 0.6) is 5.75 Å². The average molecular weight is 356 g/mol. The summed E-state index contributed by atoms with van der Waals surface area (Å²) in [5.41, 5.74) is 2.09. The van der Waals surface area contributed by atoms with E-state index in [2.05, 4.69) is 22.6 Å². The maximum Gasteiger partial charge on any atom is 0.257 e. The summed E-state index contributed by atoms with van der Waals surface area (Å²) in [5.74, 6) is 1.44. The molecule has 1 aliphatic rings. The highest BCUT2D eigenvalue weighted by molar-refractivity contribution is 5.96. The van der Waals surface area contributed by atoms with E-state index in [9.17, 15) is 4.79 Å². The van der Waals surface area contributed by atoms with Crippen molar-refractivity contribution in [2.75, 3.05) is 7.11 Å². The highest BCUT2D eigenvalue weighted by Crippen LogP contribution is 2.38. The number of carbonyl (C=O) groups is 1. The molecule has 0 saturated heterocycles. The number of benzene rings is 1. The molecule has 0 bridgehead atoms. The molecule has 0 unspecified atom stereocenters. The zero-order chi connectivity index (χ0) is 18.7. The number of nitrogens with one attached hydrogen (secondary N) is 1. The van der Waals surface area contributed by atoms with Crippen molar-refractivity contribution in [2.24, 2.45) is 0 Å². The zero-order valence-electron chi connectivity index (χ0n) is 16.1. The van der Waals surface area contributed by atoms with Crippen LogP contribution in [0.25, 0.3) is 0 Å². The largest absolute Gasteiger partial charge is 0.497 e. The van der Waals surface area contributed by atoms with Crippen LogP contribution in [0.2, 0.25) is 0 Å². The number of amides is 1. The van der Waals surface area contributed by atoms with Gasteiger partial charge in [0.05, 0.1) is 18.3 Å². The number of aromatic nitrogens is 1. The first-order valence-corrected chi connectivity index (χ1v) is 9.40. The van der Waals surface area contributed by atoms with Crippen molar-refractivity contribution < 1.29 is 14.1 Å². The third-order valence-electron chi connectivity index (χ3n) is 5.37. The summed E-state index contributed by atoms with van der Waals surface area (Å²) in [5, 5.41) is 7.44. The lowest BCUT2D eigenvalue weighted by Crippen LogP contribution is -2.47. The lowest BCUT2D eigenvalue weighted by atomic mass is 9.76. The van der Waals surface area contributed by atoms with Crippen molar-refractivity contribution in [1.29, 1.82) is 0 Å². The first-order valence-electron chi connectivity index (χ1n) is 9.40. The van der Waals surface area contributed by atoms with Crippen LogP contribution in [-0.2, 0) is 5.54 Å². The van der Waals surface area contributed by atoms with Gasteiger partial charge in [0.1, 0.15) is 17.1 Å². The molecule has 1 saturated carbocycles. The van der Waals surface area contributed by atoms with Crippen LogP contribution in [0.1, 0.15) is 79.2 Å². The van der Waals surface area contributed by atoms with Gasteiger partial charge in [-0.05, 0) is 43.4 Å². The fourth-order valence-electron chi connectivity index (χ4n) is 3.89. The van der Waals surface area contributed by atoms with E-state index in [4.69, 9.17) is 9.26 Å². The van der Waals surface area contributed by atoms with Gasteiger partial charge in [0, 0.05) is 0 Å². The molecule has 1 aromatic carbocycles. The Kier molecular flexibility index (Phi) is 5.35. The smallest absolute Gasteiger partial charge is 0.257 e. The summed E-state index contributed by atoms with van der Waals surface area (Å²) in [6, 6.07) is 8.05. The number of hydrogen-bond donors (Lipinski definition) is 1. The molecule has 0 radical (unpaired) electrons. The van der Waals surface area contributed by atoms with Crippen LogP contribution in [0.15, 0.2) is 28.8 Å². The predicted molar refractivity (Wildman–Crippen MR) is 101 cm³/mol. The van der Waals surface area contributed by atoms with Gasteiger partial charge >= 0.3 is 0 Å². The number of carbonyl (C=O) groups excluding carboxylic acids is 1. The fourth-order valence-corrected chi connectivity index (χ4v) is 3.89. The topological polar surface area (TPSA) is 64.4 Å². The van der Waals surface area contributed by atoms with E-state index in [0.29, 0.717) is 11.3 Å². The molecule has 1 amide bonds. The third kappa shape index (κ3) is 3.48. The van der Waals surface area contributed by atoms with Crippen LogP contribution in [0.4, 0.5) is 0 Å². The number of methoxy groups -OCH3 is 1. The molecule has 2 aromatic rings. The maximum atomic E-state index is 13.2. The molecule has 0 atom stereocenters. The minimum absolute atomic E-state index is 0.0924. The minimum atomic E-state index is -0.348. The Hall–Kier alpha value is -2.30. The van der Waals surface area contributed by atoms with Crippen LogP contribution >= 0.6 is 0 Å². The van der Waals surface area contributed by atoms with Gasteiger partial charge in [-0.3, -0.25) is 4.79 Å². The number of nitrogens with zero attached hydrogens (tertiary/aromatic N) is 1. The molecule has 0 aliphatic heterocycles. The van der Waals surface area contributed by atoms with Crippen LogP contribution in [0.3, 0.4) is 0 Å². The molecule has 5 heteroatoms. The second-order valence-electron chi connectivity index (χ2n) is 7.48. The van der Waals surface area contributed by atoms with Crippen LogP contribution < -0.4 is 10.1 Å². The van der Waals surface area contributed by atoms with Gasteiger partial charge in [0.2, 0.25) is 0 Å². The number of ether oxygens (including phenoxy) is 1. The lowest BCUT2D eigenvalue weighted by molar-refractivity contribution is 0.0863. The summed E-state index contributed by atoms with van der Waals surface area (Å²) >= 11 is 0. The van der Waals surface area contributed by atoms with Gasteiger partial charge in [-0.25, -0.2) is 0 Å². The lowest BCUT2D eigenvalue weighted by Gasteiger charge is -2.39. The Morgan fingerprint density at radius 3 is 2.42 bits per heavy atom. The number of aryl methyl sites for hydroxylation is 1. The van der Waals surface area contributed by atoms with Gasteiger partial charge in [0.15, 0.2) is 0 Å². The molecule has 0 spiro atoms. The molecule has 5 nitrogen and oxygen atoms in total. The first-order chi connectivity index (χ1) is 12.5. The Bertz CT molecular complexity index is 756. The average Bonchev–Trinajstić information content (AvgIpc) is 3.04. The van der Waals surface area contributed by atoms with Gasteiger partial charge in [-0.2, -0.15) is 0 Å². The highest BCUT2D eigenvalue weighted by atomic mass is 16.5. The summed E-state index contributed by atoms with van der Waals surface area (Å²) in [6.07, 6.45) is 5.29. The quantitative estimate of drug-likeness (QED) is 0.843. The van der Waals surface area contributed by atoms with Gasteiger partial charge in [-0.15, -0.1) is 0 Å². The second kappa shape index (κ2) is 7.52. The normalized spacial score (nSPS) is 16.5. The van der Waals surface area contributed by atoms with E-state index < -0.39 is 0 Å². The summed E-state index contributed by atoms with van der Waals surface area (Å²) < 4.78 is 10.6. The van der Waals surface area contributed by atoms with Gasteiger partial charge in [0.25, 0.3) is 5.91 Å². The van der Waals surface area contributed by atoms with E-state index in [-0.39, 0.29) is 17.4 Å². The Balaban J connectivity index is 1.94. The summed E-state index contributed by atoms with van der Waals surface area (Å²) in [7, 11) is 1.66. The van der Waals surface area contributed by atoms with Crippen molar-refractivity contribution >= 4 is 5.91 Å². The Labute approximate surface area is 155 Å². The van der Waals surface area contributed by atoms with Gasteiger partial charge < -0.3 is 14.6 Å². The summed E-state index contributed by atoms with van der Waals surface area (Å²) in [6.45, 7) is 5.84. The van der Waals surface area contributed by atoms with E-state index in [1.807, 2.05) is 26.0 Å². The fraction of sp³-hybridized carbons (Fsp3) is 0.524. The first kappa shape index (κ1) is 18.5. The van der Waals surface area contributed by atoms with E-state index in [1.165, 1.54) is 6.42 Å². The molecule has 140 valence electrons. The molecular formula is C21H28N2O3. The molecule has 1 fully saturated rings. The van der Waals surface area contributed by atoms with Crippen molar-refractivity contribution in [3.05, 3.63) is 46.8 Å². The van der Waals surface area contributed by atoms with E-state index in [0.717, 1.165) is 42.7 Å². The van der Waals surface area contributed by atoms with Gasteiger partial charge in [-0.1, -0.05) is 50.4 Å². The maximum absolute atomic E-state index is 13.2. The van der Waals surface area contributed by atoms with Crippen molar-refractivity contribution in [1.82, 2.24) is 10.5 Å². The Morgan fingerprint density at radius 2 is 1.85 bits per heavy atom. The summed E-state index contributed by atoms with van der Waals surface area (Å²) in [4.78, 5) is 13.2. The predicted octanol–water partition coefficient (Wildman–Crippen LogP) is 4.70. The number of rotatable bonds is 5. The minimum Gasteiger partial charge on any atom is -0.497 e. The molecule has 3 rings (SSSR count).